The van der Waals surface area contributed by atoms with E-state index in [0.717, 1.165) is 6.42 Å². The van der Waals surface area contributed by atoms with Gasteiger partial charge in [0, 0.05) is 23.6 Å². The van der Waals surface area contributed by atoms with Gasteiger partial charge in [-0.25, -0.2) is 0 Å². The number of ether oxygens (including phenoxy) is 1. The Balaban J connectivity index is 1.60. The lowest BCUT2D eigenvalue weighted by Crippen LogP contribution is -2.40. The zero-order valence-corrected chi connectivity index (χ0v) is 13.4. The third-order valence-corrected chi connectivity index (χ3v) is 5.00. The molecule has 0 radical (unpaired) electrons. The maximum absolute atomic E-state index is 12.4. The molecule has 3 rings (SSSR count). The Hall–Kier alpha value is -2.41. The first-order valence-corrected chi connectivity index (χ1v) is 8.17. The van der Waals surface area contributed by atoms with Crippen LogP contribution in [0, 0.1) is 10.1 Å². The highest BCUT2D eigenvalue weighted by Gasteiger charge is 2.28. The molecule has 23 heavy (non-hydrogen) atoms. The van der Waals surface area contributed by atoms with E-state index in [1.165, 1.54) is 34.7 Å². The van der Waals surface area contributed by atoms with Crippen LogP contribution in [0.5, 0.6) is 5.75 Å². The topological polar surface area (TPSA) is 72.7 Å². The number of hydrogen-bond acceptors (Lipinski definition) is 5. The average Bonchev–Trinajstić information content (AvgIpc) is 3.03. The van der Waals surface area contributed by atoms with Crippen molar-refractivity contribution in [2.24, 2.45) is 0 Å². The minimum absolute atomic E-state index is 0.00156. The lowest BCUT2D eigenvalue weighted by Gasteiger charge is -2.33. The van der Waals surface area contributed by atoms with Gasteiger partial charge >= 0.3 is 0 Å². The van der Waals surface area contributed by atoms with Gasteiger partial charge in [0.15, 0.2) is 6.61 Å². The van der Waals surface area contributed by atoms with E-state index in [1.807, 2.05) is 11.8 Å². The summed E-state index contributed by atoms with van der Waals surface area (Å²) in [6.45, 7) is 2.65. The lowest BCUT2D eigenvalue weighted by molar-refractivity contribution is -0.384. The second-order valence-electron chi connectivity index (χ2n) is 5.35. The summed E-state index contributed by atoms with van der Waals surface area (Å²) in [5.41, 5.74) is 1.21. The van der Waals surface area contributed by atoms with Gasteiger partial charge < -0.3 is 9.64 Å². The Morgan fingerprint density at radius 3 is 2.83 bits per heavy atom. The standard InChI is InChI=1S/C16H16N2O4S/c1-11-14-7-9-23-15(14)6-8-17(11)16(19)10-22-13-4-2-12(3-5-13)18(20)21/h2-5,7,9,11H,6,8,10H2,1H3/t11-/m1/s1. The summed E-state index contributed by atoms with van der Waals surface area (Å²) in [7, 11) is 0. The molecule has 0 aliphatic carbocycles. The molecule has 2 aromatic rings. The number of nitro groups is 1. The molecule has 1 amide bonds. The number of thiophene rings is 1. The number of nitrogens with zero attached hydrogens (tertiary/aromatic N) is 2. The van der Waals surface area contributed by atoms with Crippen LogP contribution in [-0.2, 0) is 11.2 Å². The smallest absolute Gasteiger partial charge is 0.269 e. The number of carbonyl (C=O) groups excluding carboxylic acids is 1. The van der Waals surface area contributed by atoms with Crippen molar-refractivity contribution in [2.75, 3.05) is 13.2 Å². The van der Waals surface area contributed by atoms with Crippen LogP contribution < -0.4 is 4.74 Å². The van der Waals surface area contributed by atoms with E-state index >= 15 is 0 Å². The molecule has 1 aliphatic rings. The number of nitro benzene ring substituents is 1. The number of rotatable bonds is 4. The molecular weight excluding hydrogens is 316 g/mol. The summed E-state index contributed by atoms with van der Waals surface area (Å²) in [6, 6.07) is 7.85. The van der Waals surface area contributed by atoms with Gasteiger partial charge in [-0.05, 0) is 42.5 Å². The third-order valence-electron chi connectivity index (χ3n) is 4.01. The molecule has 120 valence electrons. The molecule has 7 heteroatoms. The molecule has 0 N–H and O–H groups in total. The molecule has 0 unspecified atom stereocenters. The largest absolute Gasteiger partial charge is 0.484 e. The van der Waals surface area contributed by atoms with Gasteiger partial charge in [-0.2, -0.15) is 0 Å². The fraction of sp³-hybridized carbons (Fsp3) is 0.312. The van der Waals surface area contributed by atoms with Crippen LogP contribution in [0.4, 0.5) is 5.69 Å². The number of carbonyl (C=O) groups is 1. The highest BCUT2D eigenvalue weighted by Crippen LogP contribution is 2.32. The second-order valence-corrected chi connectivity index (χ2v) is 6.35. The van der Waals surface area contributed by atoms with Crippen LogP contribution in [-0.4, -0.2) is 28.9 Å². The predicted molar refractivity (Wildman–Crippen MR) is 86.7 cm³/mol. The lowest BCUT2D eigenvalue weighted by atomic mass is 10.0. The number of amides is 1. The second kappa shape index (κ2) is 6.37. The molecule has 6 nitrogen and oxygen atoms in total. The summed E-state index contributed by atoms with van der Waals surface area (Å²) in [5.74, 6) is 0.373. The Morgan fingerprint density at radius 1 is 1.39 bits per heavy atom. The predicted octanol–water partition coefficient (Wildman–Crippen LogP) is 3.18. The van der Waals surface area contributed by atoms with E-state index < -0.39 is 4.92 Å². The number of hydrogen-bond donors (Lipinski definition) is 0. The van der Waals surface area contributed by atoms with Crippen molar-refractivity contribution in [1.82, 2.24) is 4.90 Å². The summed E-state index contributed by atoms with van der Waals surface area (Å²) >= 11 is 1.73. The fourth-order valence-electron chi connectivity index (χ4n) is 2.74. The van der Waals surface area contributed by atoms with Crippen LogP contribution in [0.3, 0.4) is 0 Å². The van der Waals surface area contributed by atoms with Crippen molar-refractivity contribution in [3.05, 3.63) is 56.3 Å². The molecule has 0 bridgehead atoms. The van der Waals surface area contributed by atoms with Gasteiger partial charge in [-0.1, -0.05) is 0 Å². The van der Waals surface area contributed by atoms with Crippen LogP contribution in [0.2, 0.25) is 0 Å². The Morgan fingerprint density at radius 2 is 2.13 bits per heavy atom. The van der Waals surface area contributed by atoms with E-state index in [1.54, 1.807) is 11.3 Å². The van der Waals surface area contributed by atoms with Crippen LogP contribution >= 0.6 is 11.3 Å². The molecule has 0 spiro atoms. The quantitative estimate of drug-likeness (QED) is 0.637. The van der Waals surface area contributed by atoms with Gasteiger partial charge in [0.1, 0.15) is 5.75 Å². The van der Waals surface area contributed by atoms with Gasteiger partial charge in [0.25, 0.3) is 11.6 Å². The minimum Gasteiger partial charge on any atom is -0.484 e. The Kier molecular flexibility index (Phi) is 4.29. The molecule has 1 atom stereocenters. The van der Waals surface area contributed by atoms with Crippen molar-refractivity contribution in [2.45, 2.75) is 19.4 Å². The molecule has 0 saturated heterocycles. The van der Waals surface area contributed by atoms with Crippen LogP contribution in [0.1, 0.15) is 23.4 Å². The minimum atomic E-state index is -0.469. The zero-order chi connectivity index (χ0) is 16.4. The summed E-state index contributed by atoms with van der Waals surface area (Å²) in [5, 5.41) is 12.7. The Labute approximate surface area is 137 Å². The van der Waals surface area contributed by atoms with E-state index in [2.05, 4.69) is 11.4 Å². The molecular formula is C16H16N2O4S. The molecule has 0 fully saturated rings. The zero-order valence-electron chi connectivity index (χ0n) is 12.6. The van der Waals surface area contributed by atoms with Gasteiger partial charge in [0.2, 0.25) is 0 Å². The molecule has 1 aromatic carbocycles. The normalized spacial score (nSPS) is 16.7. The van der Waals surface area contributed by atoms with Crippen LogP contribution in [0.15, 0.2) is 35.7 Å². The molecule has 1 aliphatic heterocycles. The maximum Gasteiger partial charge on any atom is 0.269 e. The molecule has 2 heterocycles. The number of benzene rings is 1. The van der Waals surface area contributed by atoms with Gasteiger partial charge in [-0.3, -0.25) is 14.9 Å². The maximum atomic E-state index is 12.4. The monoisotopic (exact) mass is 332 g/mol. The van der Waals surface area contributed by atoms with Crippen molar-refractivity contribution < 1.29 is 14.5 Å². The van der Waals surface area contributed by atoms with Gasteiger partial charge in [0.05, 0.1) is 11.0 Å². The first kappa shape index (κ1) is 15.5. The highest BCUT2D eigenvalue weighted by atomic mass is 32.1. The molecule has 1 aromatic heterocycles. The average molecular weight is 332 g/mol. The fourth-order valence-corrected chi connectivity index (χ4v) is 3.70. The first-order chi connectivity index (χ1) is 11.1. The summed E-state index contributed by atoms with van der Waals surface area (Å²) in [4.78, 5) is 25.7. The van der Waals surface area contributed by atoms with Crippen molar-refractivity contribution in [3.8, 4) is 5.75 Å². The number of non-ortho nitro benzene ring substituents is 1. The summed E-state index contributed by atoms with van der Waals surface area (Å²) in [6.07, 6.45) is 0.876. The van der Waals surface area contributed by atoms with Crippen molar-refractivity contribution in [3.63, 3.8) is 0 Å². The van der Waals surface area contributed by atoms with E-state index in [0.29, 0.717) is 12.3 Å². The van der Waals surface area contributed by atoms with Crippen LogP contribution in [0.25, 0.3) is 0 Å². The Bertz CT molecular complexity index is 726. The molecule has 0 saturated carbocycles. The van der Waals surface area contributed by atoms with Gasteiger partial charge in [-0.15, -0.1) is 11.3 Å². The highest BCUT2D eigenvalue weighted by molar-refractivity contribution is 7.10. The summed E-state index contributed by atoms with van der Waals surface area (Å²) < 4.78 is 5.46. The van der Waals surface area contributed by atoms with E-state index in [-0.39, 0.29) is 24.2 Å². The van der Waals surface area contributed by atoms with E-state index in [9.17, 15) is 14.9 Å². The van der Waals surface area contributed by atoms with Crippen molar-refractivity contribution >= 4 is 22.9 Å². The number of fused-ring (bicyclic) bond motifs is 1. The van der Waals surface area contributed by atoms with Crippen molar-refractivity contribution in [1.29, 1.82) is 0 Å². The SMILES string of the molecule is C[C@@H]1c2ccsc2CCN1C(=O)COc1ccc([N+](=O)[O-])cc1. The third kappa shape index (κ3) is 3.19. The first-order valence-electron chi connectivity index (χ1n) is 7.29. The van der Waals surface area contributed by atoms with E-state index in [4.69, 9.17) is 4.74 Å².